The number of nitrogens with one attached hydrogen (secondary N) is 2. The number of esters is 1. The SMILES string of the molecule is COC(=O)[C@@H](Cc1cc(=O)oc2cc(OC)ccc12)NC(=O)CCC(=O)N[C@H](C)c1ccccc1. The third-order valence-corrected chi connectivity index (χ3v) is 5.54. The number of methoxy groups -OCH3 is 2. The summed E-state index contributed by atoms with van der Waals surface area (Å²) >= 11 is 0. The number of benzene rings is 2. The molecule has 0 aliphatic rings. The number of ether oxygens (including phenoxy) is 2. The monoisotopic (exact) mass is 480 g/mol. The summed E-state index contributed by atoms with van der Waals surface area (Å²) in [5, 5.41) is 6.06. The summed E-state index contributed by atoms with van der Waals surface area (Å²) in [6, 6.07) is 14.5. The van der Waals surface area contributed by atoms with E-state index in [0.29, 0.717) is 22.3 Å². The minimum Gasteiger partial charge on any atom is -0.497 e. The molecule has 0 bridgehead atoms. The van der Waals surface area contributed by atoms with E-state index < -0.39 is 23.5 Å². The molecule has 0 saturated carbocycles. The van der Waals surface area contributed by atoms with Crippen LogP contribution < -0.4 is 21.0 Å². The Hall–Kier alpha value is -4.14. The first kappa shape index (κ1) is 25.5. The van der Waals surface area contributed by atoms with Crippen LogP contribution in [0.25, 0.3) is 11.0 Å². The van der Waals surface area contributed by atoms with Crippen molar-refractivity contribution in [2.24, 2.45) is 0 Å². The largest absolute Gasteiger partial charge is 0.497 e. The number of carbonyl (C=O) groups excluding carboxylic acids is 3. The maximum Gasteiger partial charge on any atom is 0.336 e. The summed E-state index contributed by atoms with van der Waals surface area (Å²) in [5.74, 6) is -0.936. The van der Waals surface area contributed by atoms with E-state index in [4.69, 9.17) is 13.9 Å². The van der Waals surface area contributed by atoms with E-state index in [2.05, 4.69) is 10.6 Å². The Labute approximate surface area is 202 Å². The maximum atomic E-state index is 12.5. The molecule has 2 atom stereocenters. The fourth-order valence-electron chi connectivity index (χ4n) is 3.69. The predicted octanol–water partition coefficient (Wildman–Crippen LogP) is 2.66. The van der Waals surface area contributed by atoms with Crippen molar-refractivity contribution >= 4 is 28.8 Å². The van der Waals surface area contributed by atoms with Crippen molar-refractivity contribution in [2.75, 3.05) is 14.2 Å². The van der Waals surface area contributed by atoms with Gasteiger partial charge in [0.2, 0.25) is 11.8 Å². The quantitative estimate of drug-likeness (QED) is 0.338. The second kappa shape index (κ2) is 11.8. The average molecular weight is 481 g/mol. The first-order valence-corrected chi connectivity index (χ1v) is 11.1. The van der Waals surface area contributed by atoms with Gasteiger partial charge in [-0.15, -0.1) is 0 Å². The molecule has 0 radical (unpaired) electrons. The Kier molecular flexibility index (Phi) is 8.61. The molecule has 0 aliphatic heterocycles. The number of hydrogen-bond donors (Lipinski definition) is 2. The van der Waals surface area contributed by atoms with Gasteiger partial charge in [-0.25, -0.2) is 9.59 Å². The van der Waals surface area contributed by atoms with E-state index in [9.17, 15) is 19.2 Å². The van der Waals surface area contributed by atoms with Gasteiger partial charge in [-0.05, 0) is 30.2 Å². The molecule has 2 N–H and O–H groups in total. The van der Waals surface area contributed by atoms with Gasteiger partial charge in [-0.3, -0.25) is 9.59 Å². The Bertz CT molecular complexity index is 1250. The van der Waals surface area contributed by atoms with Crippen LogP contribution in [0.15, 0.2) is 63.8 Å². The summed E-state index contributed by atoms with van der Waals surface area (Å²) in [4.78, 5) is 49.3. The highest BCUT2D eigenvalue weighted by Gasteiger charge is 2.24. The molecule has 1 heterocycles. The summed E-state index contributed by atoms with van der Waals surface area (Å²) in [6.45, 7) is 1.86. The lowest BCUT2D eigenvalue weighted by Gasteiger charge is -2.18. The van der Waals surface area contributed by atoms with E-state index in [-0.39, 0.29) is 31.2 Å². The molecule has 2 aromatic carbocycles. The first-order valence-electron chi connectivity index (χ1n) is 11.1. The van der Waals surface area contributed by atoms with Crippen molar-refractivity contribution in [2.45, 2.75) is 38.3 Å². The van der Waals surface area contributed by atoms with Gasteiger partial charge >= 0.3 is 11.6 Å². The van der Waals surface area contributed by atoms with Gasteiger partial charge in [0.1, 0.15) is 17.4 Å². The third kappa shape index (κ3) is 6.92. The van der Waals surface area contributed by atoms with Crippen LogP contribution in [0.4, 0.5) is 0 Å². The third-order valence-electron chi connectivity index (χ3n) is 5.54. The smallest absolute Gasteiger partial charge is 0.336 e. The van der Waals surface area contributed by atoms with Gasteiger partial charge < -0.3 is 24.5 Å². The average Bonchev–Trinajstić information content (AvgIpc) is 2.86. The van der Waals surface area contributed by atoms with Crippen LogP contribution in [0.5, 0.6) is 5.75 Å². The van der Waals surface area contributed by atoms with Crippen LogP contribution in [-0.2, 0) is 25.5 Å². The zero-order valence-electron chi connectivity index (χ0n) is 19.8. The Morgan fingerprint density at radius 3 is 2.29 bits per heavy atom. The molecular formula is C26H28N2O7. The lowest BCUT2D eigenvalue weighted by molar-refractivity contribution is -0.145. The number of rotatable bonds is 10. The molecule has 35 heavy (non-hydrogen) atoms. The predicted molar refractivity (Wildman–Crippen MR) is 129 cm³/mol. The lowest BCUT2D eigenvalue weighted by Crippen LogP contribution is -2.43. The van der Waals surface area contributed by atoms with Crippen molar-refractivity contribution in [1.29, 1.82) is 0 Å². The lowest BCUT2D eigenvalue weighted by atomic mass is 10.0. The summed E-state index contributed by atoms with van der Waals surface area (Å²) in [7, 11) is 2.71. The molecule has 0 fully saturated rings. The molecule has 2 amide bonds. The normalized spacial score (nSPS) is 12.4. The number of amides is 2. The molecule has 1 aromatic heterocycles. The van der Waals surface area contributed by atoms with Crippen LogP contribution in [0.1, 0.15) is 36.9 Å². The molecule has 9 nitrogen and oxygen atoms in total. The van der Waals surface area contributed by atoms with Gasteiger partial charge in [0.05, 0.1) is 20.3 Å². The van der Waals surface area contributed by atoms with Crippen molar-refractivity contribution in [3.8, 4) is 5.75 Å². The highest BCUT2D eigenvalue weighted by atomic mass is 16.5. The van der Waals surface area contributed by atoms with E-state index >= 15 is 0 Å². The minimum atomic E-state index is -1.05. The van der Waals surface area contributed by atoms with Crippen LogP contribution in [0.2, 0.25) is 0 Å². The maximum absolute atomic E-state index is 12.5. The van der Waals surface area contributed by atoms with E-state index in [0.717, 1.165) is 5.56 Å². The fourth-order valence-corrected chi connectivity index (χ4v) is 3.69. The second-order valence-electron chi connectivity index (χ2n) is 8.00. The molecule has 184 valence electrons. The van der Waals surface area contributed by atoms with Gasteiger partial charge in [0.15, 0.2) is 0 Å². The standard InChI is InChI=1S/C26H28N2O7/c1-16(17-7-5-4-6-8-17)27-23(29)11-12-24(30)28-21(26(32)34-3)13-18-14-25(31)35-22-15-19(33-2)9-10-20(18)22/h4-10,14-16,21H,11-13H2,1-3H3,(H,27,29)(H,28,30)/t16-,21-/m1/s1. The summed E-state index contributed by atoms with van der Waals surface area (Å²) in [6.07, 6.45) is -0.158. The second-order valence-corrected chi connectivity index (χ2v) is 8.00. The molecule has 0 aliphatic carbocycles. The molecule has 0 saturated heterocycles. The number of carbonyl (C=O) groups is 3. The summed E-state index contributed by atoms with van der Waals surface area (Å²) < 4.78 is 15.2. The molecule has 0 unspecified atom stereocenters. The molecule has 0 spiro atoms. The van der Waals surface area contributed by atoms with Crippen LogP contribution in [-0.4, -0.2) is 38.0 Å². The Morgan fingerprint density at radius 1 is 0.943 bits per heavy atom. The Balaban J connectivity index is 1.65. The van der Waals surface area contributed by atoms with Gasteiger partial charge in [0.25, 0.3) is 0 Å². The van der Waals surface area contributed by atoms with Gasteiger partial charge in [-0.2, -0.15) is 0 Å². The fraction of sp³-hybridized carbons (Fsp3) is 0.308. The zero-order valence-corrected chi connectivity index (χ0v) is 19.8. The molecule has 3 aromatic rings. The molecule has 3 rings (SSSR count). The van der Waals surface area contributed by atoms with Gasteiger partial charge in [0, 0.05) is 36.8 Å². The first-order chi connectivity index (χ1) is 16.8. The number of fused-ring (bicyclic) bond motifs is 1. The van der Waals surface area contributed by atoms with E-state index in [1.54, 1.807) is 18.2 Å². The molecule has 9 heteroatoms. The van der Waals surface area contributed by atoms with Crippen LogP contribution >= 0.6 is 0 Å². The van der Waals surface area contributed by atoms with Crippen LogP contribution in [0, 0.1) is 0 Å². The van der Waals surface area contributed by atoms with Crippen molar-refractivity contribution in [3.63, 3.8) is 0 Å². The van der Waals surface area contributed by atoms with Crippen molar-refractivity contribution < 1.29 is 28.3 Å². The summed E-state index contributed by atoms with van der Waals surface area (Å²) in [5.41, 5.74) is 1.16. The molecular weight excluding hydrogens is 452 g/mol. The Morgan fingerprint density at radius 2 is 1.63 bits per heavy atom. The number of hydrogen-bond acceptors (Lipinski definition) is 7. The van der Waals surface area contributed by atoms with Gasteiger partial charge in [-0.1, -0.05) is 30.3 Å². The van der Waals surface area contributed by atoms with E-state index in [1.807, 2.05) is 37.3 Å². The zero-order chi connectivity index (χ0) is 25.4. The minimum absolute atomic E-state index is 0.00405. The van der Waals surface area contributed by atoms with Crippen LogP contribution in [0.3, 0.4) is 0 Å². The topological polar surface area (TPSA) is 124 Å². The van der Waals surface area contributed by atoms with Crippen molar-refractivity contribution in [1.82, 2.24) is 10.6 Å². The highest BCUT2D eigenvalue weighted by Crippen LogP contribution is 2.23. The highest BCUT2D eigenvalue weighted by molar-refractivity contribution is 5.88. The van der Waals surface area contributed by atoms with E-state index in [1.165, 1.54) is 20.3 Å². The van der Waals surface area contributed by atoms with Crippen molar-refractivity contribution in [3.05, 3.63) is 76.1 Å².